The molecule has 0 saturated carbocycles. The quantitative estimate of drug-likeness (QED) is 0.777. The van der Waals surface area contributed by atoms with Gasteiger partial charge in [-0.3, -0.25) is 0 Å². The molecule has 0 heterocycles. The third-order valence-electron chi connectivity index (χ3n) is 2.80. The number of carboxylic acid groups (broad SMARTS) is 3. The van der Waals surface area contributed by atoms with Gasteiger partial charge in [-0.05, 0) is 24.3 Å². The summed E-state index contributed by atoms with van der Waals surface area (Å²) in [6.07, 6.45) is 0. The second kappa shape index (κ2) is 6.31. The van der Waals surface area contributed by atoms with Crippen LogP contribution in [0, 0.1) is 0 Å². The first-order chi connectivity index (χ1) is 10.4. The summed E-state index contributed by atoms with van der Waals surface area (Å²) in [6, 6.07) is 11.2. The molecule has 0 aliphatic rings. The minimum absolute atomic E-state index is 0.168. The van der Waals surface area contributed by atoms with Crippen molar-refractivity contribution in [3.05, 3.63) is 59.2 Å². The fraction of sp³-hybridized carbons (Fsp3) is 0. The molecule has 0 aromatic heterocycles. The van der Waals surface area contributed by atoms with Crippen molar-refractivity contribution in [3.8, 4) is 0 Å². The molecule has 112 valence electrons. The standard InChI is InChI=1S/C15H10O6S/c16-13(17)9-6-7-10(22-8-4-2-1-3-5-8)12(15(20)21)11(9)14(18)19/h1-7H,(H,16,17)(H,18,19)(H,20,21). The molecule has 22 heavy (non-hydrogen) atoms. The summed E-state index contributed by atoms with van der Waals surface area (Å²) in [5, 5.41) is 27.5. The van der Waals surface area contributed by atoms with Gasteiger partial charge in [-0.15, -0.1) is 0 Å². The van der Waals surface area contributed by atoms with E-state index in [1.54, 1.807) is 30.3 Å². The van der Waals surface area contributed by atoms with Crippen molar-refractivity contribution in [2.75, 3.05) is 0 Å². The Bertz CT molecular complexity index is 754. The van der Waals surface area contributed by atoms with Gasteiger partial charge in [-0.2, -0.15) is 0 Å². The Balaban J connectivity index is 2.65. The number of carboxylic acids is 3. The Labute approximate surface area is 129 Å². The molecule has 0 bridgehead atoms. The molecule has 2 rings (SSSR count). The van der Waals surface area contributed by atoms with E-state index < -0.39 is 34.6 Å². The van der Waals surface area contributed by atoms with E-state index in [9.17, 15) is 24.6 Å². The summed E-state index contributed by atoms with van der Waals surface area (Å²) in [7, 11) is 0. The minimum Gasteiger partial charge on any atom is -0.478 e. The summed E-state index contributed by atoms with van der Waals surface area (Å²) in [4.78, 5) is 34.8. The average Bonchev–Trinajstić information content (AvgIpc) is 2.47. The van der Waals surface area contributed by atoms with E-state index in [0.29, 0.717) is 4.90 Å². The summed E-state index contributed by atoms with van der Waals surface area (Å²) in [5.74, 6) is -4.57. The average molecular weight is 318 g/mol. The highest BCUT2D eigenvalue weighted by atomic mass is 32.2. The largest absolute Gasteiger partial charge is 0.478 e. The van der Waals surface area contributed by atoms with Crippen molar-refractivity contribution >= 4 is 29.7 Å². The summed E-state index contributed by atoms with van der Waals surface area (Å²) in [6.45, 7) is 0. The van der Waals surface area contributed by atoms with Crippen LogP contribution in [0.25, 0.3) is 0 Å². The minimum atomic E-state index is -1.59. The molecule has 0 spiro atoms. The van der Waals surface area contributed by atoms with Gasteiger partial charge in [-0.1, -0.05) is 30.0 Å². The van der Waals surface area contributed by atoms with E-state index >= 15 is 0 Å². The van der Waals surface area contributed by atoms with Crippen molar-refractivity contribution in [3.63, 3.8) is 0 Å². The lowest BCUT2D eigenvalue weighted by molar-refractivity contribution is 0.0631. The van der Waals surface area contributed by atoms with E-state index in [2.05, 4.69) is 0 Å². The number of hydrogen-bond donors (Lipinski definition) is 3. The Morgan fingerprint density at radius 3 is 1.82 bits per heavy atom. The van der Waals surface area contributed by atoms with Crippen LogP contribution in [-0.2, 0) is 0 Å². The fourth-order valence-corrected chi connectivity index (χ4v) is 2.87. The van der Waals surface area contributed by atoms with Crippen molar-refractivity contribution in [2.45, 2.75) is 9.79 Å². The van der Waals surface area contributed by atoms with Crippen molar-refractivity contribution < 1.29 is 29.7 Å². The number of benzene rings is 2. The van der Waals surface area contributed by atoms with Gasteiger partial charge < -0.3 is 15.3 Å². The molecular formula is C15H10O6S. The summed E-state index contributed by atoms with van der Waals surface area (Å²) >= 11 is 1.06. The second-order valence-corrected chi connectivity index (χ2v) is 5.31. The molecule has 7 heteroatoms. The Morgan fingerprint density at radius 1 is 0.727 bits per heavy atom. The molecule has 6 nitrogen and oxygen atoms in total. The number of carbonyl (C=O) groups is 3. The van der Waals surface area contributed by atoms with E-state index in [1.807, 2.05) is 0 Å². The molecule has 3 N–H and O–H groups in total. The van der Waals surface area contributed by atoms with Crippen LogP contribution in [0.1, 0.15) is 31.1 Å². The van der Waals surface area contributed by atoms with Crippen molar-refractivity contribution in [2.24, 2.45) is 0 Å². The Hall–Kier alpha value is -2.80. The normalized spacial score (nSPS) is 10.2. The van der Waals surface area contributed by atoms with Gasteiger partial charge in [0.05, 0.1) is 16.7 Å². The first-order valence-electron chi connectivity index (χ1n) is 6.01. The molecule has 0 aliphatic heterocycles. The topological polar surface area (TPSA) is 112 Å². The highest BCUT2D eigenvalue weighted by Gasteiger charge is 2.27. The fourth-order valence-electron chi connectivity index (χ4n) is 1.90. The maximum absolute atomic E-state index is 11.4. The van der Waals surface area contributed by atoms with E-state index in [-0.39, 0.29) is 4.90 Å². The first-order valence-corrected chi connectivity index (χ1v) is 6.83. The monoisotopic (exact) mass is 318 g/mol. The lowest BCUT2D eigenvalue weighted by Crippen LogP contribution is -2.15. The van der Waals surface area contributed by atoms with Crippen LogP contribution in [0.2, 0.25) is 0 Å². The van der Waals surface area contributed by atoms with Gasteiger partial charge in [0.2, 0.25) is 0 Å². The molecule has 0 radical (unpaired) electrons. The molecule has 0 atom stereocenters. The Morgan fingerprint density at radius 2 is 1.32 bits per heavy atom. The number of rotatable bonds is 5. The van der Waals surface area contributed by atoms with Gasteiger partial charge in [0.15, 0.2) is 0 Å². The SMILES string of the molecule is O=C(O)c1ccc(Sc2ccccc2)c(C(=O)O)c1C(=O)O. The predicted octanol–water partition coefficient (Wildman–Crippen LogP) is 2.93. The zero-order chi connectivity index (χ0) is 16.3. The van der Waals surface area contributed by atoms with Crippen LogP contribution in [0.5, 0.6) is 0 Å². The molecule has 2 aromatic rings. The van der Waals surface area contributed by atoms with E-state index in [1.165, 1.54) is 6.07 Å². The predicted molar refractivity (Wildman–Crippen MR) is 77.9 cm³/mol. The smallest absolute Gasteiger partial charge is 0.337 e. The van der Waals surface area contributed by atoms with Gasteiger partial charge >= 0.3 is 17.9 Å². The summed E-state index contributed by atoms with van der Waals surface area (Å²) in [5.41, 5.74) is -1.80. The van der Waals surface area contributed by atoms with Crippen molar-refractivity contribution in [1.29, 1.82) is 0 Å². The van der Waals surface area contributed by atoms with Crippen LogP contribution >= 0.6 is 11.8 Å². The molecule has 0 saturated heterocycles. The number of hydrogen-bond acceptors (Lipinski definition) is 4. The van der Waals surface area contributed by atoms with Crippen LogP contribution in [0.15, 0.2) is 52.3 Å². The van der Waals surface area contributed by atoms with Crippen LogP contribution in [0.4, 0.5) is 0 Å². The van der Waals surface area contributed by atoms with Crippen LogP contribution in [-0.4, -0.2) is 33.2 Å². The number of aromatic carboxylic acids is 3. The van der Waals surface area contributed by atoms with E-state index in [0.717, 1.165) is 17.8 Å². The maximum Gasteiger partial charge on any atom is 0.337 e. The lowest BCUT2D eigenvalue weighted by atomic mass is 10.0. The second-order valence-electron chi connectivity index (χ2n) is 4.19. The highest BCUT2D eigenvalue weighted by molar-refractivity contribution is 7.99. The van der Waals surface area contributed by atoms with E-state index in [4.69, 9.17) is 5.11 Å². The molecule has 0 unspecified atom stereocenters. The third kappa shape index (κ3) is 3.09. The lowest BCUT2D eigenvalue weighted by Gasteiger charge is -2.11. The summed E-state index contributed by atoms with van der Waals surface area (Å²) < 4.78 is 0. The first kappa shape index (κ1) is 15.6. The molecule has 2 aromatic carbocycles. The van der Waals surface area contributed by atoms with Crippen LogP contribution in [0.3, 0.4) is 0 Å². The van der Waals surface area contributed by atoms with Gasteiger partial charge in [0.1, 0.15) is 0 Å². The molecule has 0 fully saturated rings. The van der Waals surface area contributed by atoms with Crippen LogP contribution < -0.4 is 0 Å². The Kier molecular flexibility index (Phi) is 4.47. The van der Waals surface area contributed by atoms with Gasteiger partial charge in [-0.25, -0.2) is 14.4 Å². The maximum atomic E-state index is 11.4. The molecule has 0 aliphatic carbocycles. The zero-order valence-corrected chi connectivity index (χ0v) is 11.8. The molecule has 0 amide bonds. The van der Waals surface area contributed by atoms with Crippen molar-refractivity contribution in [1.82, 2.24) is 0 Å². The highest BCUT2D eigenvalue weighted by Crippen LogP contribution is 2.33. The zero-order valence-electron chi connectivity index (χ0n) is 11.0. The van der Waals surface area contributed by atoms with Gasteiger partial charge in [0, 0.05) is 9.79 Å². The molecular weight excluding hydrogens is 308 g/mol. The van der Waals surface area contributed by atoms with Gasteiger partial charge in [0.25, 0.3) is 0 Å². The third-order valence-corrected chi connectivity index (χ3v) is 3.86.